The van der Waals surface area contributed by atoms with Crippen LogP contribution in [0.15, 0.2) is 54.7 Å². The number of halogens is 2. The lowest BCUT2D eigenvalue weighted by Crippen LogP contribution is -2.48. The highest BCUT2D eigenvalue weighted by Crippen LogP contribution is 2.26. The number of carbonyl (C=O) groups is 1. The van der Waals surface area contributed by atoms with Crippen molar-refractivity contribution in [3.05, 3.63) is 88.7 Å². The summed E-state index contributed by atoms with van der Waals surface area (Å²) >= 11 is 0. The van der Waals surface area contributed by atoms with Gasteiger partial charge in [-0.15, -0.1) is 0 Å². The first-order valence-electron chi connectivity index (χ1n) is 10.0. The molecule has 1 saturated heterocycles. The Morgan fingerprint density at radius 1 is 1.17 bits per heavy atom. The summed E-state index contributed by atoms with van der Waals surface area (Å²) in [5.74, 6) is -1.42. The van der Waals surface area contributed by atoms with Crippen molar-refractivity contribution in [2.75, 3.05) is 0 Å². The zero-order valence-corrected chi connectivity index (χ0v) is 16.7. The lowest BCUT2D eigenvalue weighted by atomic mass is 9.91. The van der Waals surface area contributed by atoms with Crippen molar-refractivity contribution < 1.29 is 13.6 Å². The highest BCUT2D eigenvalue weighted by atomic mass is 19.1. The largest absolute Gasteiger partial charge is 0.348 e. The van der Waals surface area contributed by atoms with Crippen molar-refractivity contribution in [1.29, 1.82) is 0 Å². The van der Waals surface area contributed by atoms with E-state index in [0.29, 0.717) is 31.5 Å². The van der Waals surface area contributed by atoms with E-state index < -0.39 is 17.7 Å². The van der Waals surface area contributed by atoms with E-state index in [1.165, 1.54) is 17.7 Å². The maximum atomic E-state index is 13.7. The normalized spacial score (nSPS) is 19.0. The Morgan fingerprint density at radius 2 is 1.90 bits per heavy atom. The number of hydrogen-bond donors (Lipinski definition) is 2. The lowest BCUT2D eigenvalue weighted by Gasteiger charge is -2.33. The molecule has 1 fully saturated rings. The van der Waals surface area contributed by atoms with E-state index in [9.17, 15) is 13.6 Å². The molecule has 2 aromatic carbocycles. The second-order valence-electron chi connectivity index (χ2n) is 7.67. The van der Waals surface area contributed by atoms with Crippen LogP contribution in [0.25, 0.3) is 0 Å². The minimum Gasteiger partial charge on any atom is -0.348 e. The predicted molar refractivity (Wildman–Crippen MR) is 110 cm³/mol. The lowest BCUT2D eigenvalue weighted by molar-refractivity contribution is -0.123. The second-order valence-corrected chi connectivity index (χ2v) is 7.67. The fourth-order valence-electron chi connectivity index (χ4n) is 3.91. The molecular formula is C23H24F2N4O. The topological polar surface area (TPSA) is 59.0 Å². The minimum absolute atomic E-state index is 0.116. The summed E-state index contributed by atoms with van der Waals surface area (Å²) in [6.07, 6.45) is 2.80. The van der Waals surface area contributed by atoms with Gasteiger partial charge in [0.1, 0.15) is 11.6 Å². The molecule has 0 spiro atoms. The fourth-order valence-corrected chi connectivity index (χ4v) is 3.91. The van der Waals surface area contributed by atoms with Gasteiger partial charge in [0.25, 0.3) is 0 Å². The minimum atomic E-state index is -0.651. The maximum absolute atomic E-state index is 13.7. The van der Waals surface area contributed by atoms with Gasteiger partial charge in [-0.2, -0.15) is 5.10 Å². The molecule has 2 heterocycles. The van der Waals surface area contributed by atoms with Crippen LogP contribution in [0.4, 0.5) is 8.78 Å². The van der Waals surface area contributed by atoms with Crippen LogP contribution in [0.5, 0.6) is 0 Å². The molecule has 3 aromatic rings. The molecule has 30 heavy (non-hydrogen) atoms. The molecule has 5 nitrogen and oxygen atoms in total. The molecule has 0 bridgehead atoms. The van der Waals surface area contributed by atoms with E-state index >= 15 is 0 Å². The van der Waals surface area contributed by atoms with E-state index in [4.69, 9.17) is 0 Å². The molecular weight excluding hydrogens is 386 g/mol. The molecule has 1 aliphatic heterocycles. The first-order chi connectivity index (χ1) is 14.5. The number of nitrogens with zero attached hydrogens (tertiary/aromatic N) is 2. The van der Waals surface area contributed by atoms with Crippen LogP contribution in [0.2, 0.25) is 0 Å². The molecule has 2 N–H and O–H groups in total. The standard InChI is InChI=1S/C23H24F2N4O/c1-15-18(13-27-29(15)14-16-5-3-2-4-6-16)12-26-21-7-8-22(30)28-23(21)17-9-19(24)11-20(25)10-17/h2-6,9-11,13,21,23,26H,7-8,12,14H2,1H3,(H,28,30)/t21-,23+/m1/s1. The van der Waals surface area contributed by atoms with Crippen LogP contribution in [0.1, 0.15) is 41.3 Å². The monoisotopic (exact) mass is 410 g/mol. The third kappa shape index (κ3) is 4.57. The molecule has 1 aromatic heterocycles. The molecule has 1 aliphatic rings. The number of rotatable bonds is 6. The van der Waals surface area contributed by atoms with Gasteiger partial charge in [-0.3, -0.25) is 9.48 Å². The van der Waals surface area contributed by atoms with Crippen molar-refractivity contribution in [2.24, 2.45) is 0 Å². The number of carbonyl (C=O) groups excluding carboxylic acids is 1. The molecule has 0 radical (unpaired) electrons. The van der Waals surface area contributed by atoms with Crippen molar-refractivity contribution in [3.8, 4) is 0 Å². The van der Waals surface area contributed by atoms with Crippen LogP contribution in [-0.2, 0) is 17.9 Å². The van der Waals surface area contributed by atoms with Gasteiger partial charge >= 0.3 is 0 Å². The first-order valence-corrected chi connectivity index (χ1v) is 10.0. The summed E-state index contributed by atoms with van der Waals surface area (Å²) in [6, 6.07) is 12.9. The number of benzene rings is 2. The molecule has 156 valence electrons. The Kier molecular flexibility index (Phi) is 5.90. The van der Waals surface area contributed by atoms with E-state index in [2.05, 4.69) is 27.9 Å². The molecule has 0 saturated carbocycles. The van der Waals surface area contributed by atoms with Gasteiger partial charge in [-0.1, -0.05) is 30.3 Å². The Balaban J connectivity index is 1.47. The zero-order chi connectivity index (χ0) is 21.1. The summed E-state index contributed by atoms with van der Waals surface area (Å²) in [4.78, 5) is 11.9. The number of piperidine rings is 1. The van der Waals surface area contributed by atoms with Gasteiger partial charge in [0.15, 0.2) is 0 Å². The Hall–Kier alpha value is -3.06. The quantitative estimate of drug-likeness (QED) is 0.653. The van der Waals surface area contributed by atoms with Crippen LogP contribution in [-0.4, -0.2) is 21.7 Å². The molecule has 7 heteroatoms. The summed E-state index contributed by atoms with van der Waals surface area (Å²) in [5.41, 5.74) is 3.70. The molecule has 0 aliphatic carbocycles. The average Bonchev–Trinajstić information content (AvgIpc) is 3.06. The third-order valence-electron chi connectivity index (χ3n) is 5.58. The van der Waals surface area contributed by atoms with Gasteiger partial charge in [-0.25, -0.2) is 8.78 Å². The Bertz CT molecular complexity index is 1010. The van der Waals surface area contributed by atoms with E-state index in [1.54, 1.807) is 0 Å². The van der Waals surface area contributed by atoms with E-state index in [1.807, 2.05) is 36.0 Å². The van der Waals surface area contributed by atoms with E-state index in [-0.39, 0.29) is 11.9 Å². The van der Waals surface area contributed by atoms with Crippen LogP contribution < -0.4 is 10.6 Å². The molecule has 1 amide bonds. The number of hydrogen-bond acceptors (Lipinski definition) is 3. The number of nitrogens with one attached hydrogen (secondary N) is 2. The maximum Gasteiger partial charge on any atom is 0.220 e. The van der Waals surface area contributed by atoms with Gasteiger partial charge in [0.2, 0.25) is 5.91 Å². The zero-order valence-electron chi connectivity index (χ0n) is 16.7. The van der Waals surface area contributed by atoms with Crippen molar-refractivity contribution in [1.82, 2.24) is 20.4 Å². The molecule has 2 atom stereocenters. The van der Waals surface area contributed by atoms with Crippen molar-refractivity contribution in [3.63, 3.8) is 0 Å². The SMILES string of the molecule is Cc1c(CN[C@@H]2CCC(=O)N[C@H]2c2cc(F)cc(F)c2)cnn1Cc1ccccc1. The second kappa shape index (κ2) is 8.75. The number of amides is 1. The summed E-state index contributed by atoms with van der Waals surface area (Å²) in [7, 11) is 0. The van der Waals surface area contributed by atoms with Crippen LogP contribution in [0, 0.1) is 18.6 Å². The first kappa shape index (κ1) is 20.2. The molecule has 4 rings (SSSR count). The summed E-state index contributed by atoms with van der Waals surface area (Å²) in [5, 5.41) is 10.8. The van der Waals surface area contributed by atoms with Gasteiger partial charge in [-0.05, 0) is 36.6 Å². The highest BCUT2D eigenvalue weighted by molar-refractivity contribution is 5.77. The fraction of sp³-hybridized carbons (Fsp3) is 0.304. The van der Waals surface area contributed by atoms with Crippen LogP contribution >= 0.6 is 0 Å². The third-order valence-corrected chi connectivity index (χ3v) is 5.58. The van der Waals surface area contributed by atoms with Crippen molar-refractivity contribution >= 4 is 5.91 Å². The summed E-state index contributed by atoms with van der Waals surface area (Å²) in [6.45, 7) is 3.27. The number of aromatic nitrogens is 2. The Morgan fingerprint density at radius 3 is 2.63 bits per heavy atom. The van der Waals surface area contributed by atoms with E-state index in [0.717, 1.165) is 17.3 Å². The van der Waals surface area contributed by atoms with Crippen molar-refractivity contribution in [2.45, 2.75) is 44.9 Å². The smallest absolute Gasteiger partial charge is 0.220 e. The average molecular weight is 410 g/mol. The van der Waals surface area contributed by atoms with Gasteiger partial charge < -0.3 is 10.6 Å². The van der Waals surface area contributed by atoms with Crippen LogP contribution in [0.3, 0.4) is 0 Å². The van der Waals surface area contributed by atoms with Gasteiger partial charge in [0, 0.05) is 36.3 Å². The van der Waals surface area contributed by atoms with Gasteiger partial charge in [0.05, 0.1) is 18.8 Å². The Labute approximate surface area is 174 Å². The predicted octanol–water partition coefficient (Wildman–Crippen LogP) is 3.63. The summed E-state index contributed by atoms with van der Waals surface area (Å²) < 4.78 is 29.4. The molecule has 0 unspecified atom stereocenters. The highest BCUT2D eigenvalue weighted by Gasteiger charge is 2.30.